The fourth-order valence-electron chi connectivity index (χ4n) is 3.22. The lowest BCUT2D eigenvalue weighted by Gasteiger charge is -2.31. The van der Waals surface area contributed by atoms with Crippen LogP contribution in [0.1, 0.15) is 19.8 Å². The number of hydrogen-bond acceptors (Lipinski definition) is 5. The third kappa shape index (κ3) is 4.21. The topological polar surface area (TPSA) is 80.8 Å². The number of nitrogens with zero attached hydrogens (tertiary/aromatic N) is 1. The lowest BCUT2D eigenvalue weighted by Crippen LogP contribution is -2.42. The number of rotatable bonds is 6. The van der Waals surface area contributed by atoms with Crippen LogP contribution >= 0.6 is 0 Å². The van der Waals surface area contributed by atoms with Crippen LogP contribution in [-0.2, 0) is 19.9 Å². The van der Waals surface area contributed by atoms with Crippen LogP contribution in [0, 0.1) is 5.82 Å². The largest absolute Gasteiger partial charge is 0.494 e. The maximum Gasteiger partial charge on any atom is 0.243 e. The number of hydrogen-bond donors (Lipinski definition) is 0. The molecular formula is C19H22FNO5S2. The zero-order valence-corrected chi connectivity index (χ0v) is 17.0. The zero-order chi connectivity index (χ0) is 20.4. The van der Waals surface area contributed by atoms with Gasteiger partial charge in [-0.05, 0) is 68.3 Å². The van der Waals surface area contributed by atoms with Crippen LogP contribution in [0.4, 0.5) is 4.39 Å². The molecule has 1 heterocycles. The number of sulfone groups is 1. The van der Waals surface area contributed by atoms with E-state index in [0.717, 1.165) is 12.1 Å². The molecule has 2 aromatic carbocycles. The molecular weight excluding hydrogens is 405 g/mol. The van der Waals surface area contributed by atoms with Gasteiger partial charge in [0, 0.05) is 13.1 Å². The van der Waals surface area contributed by atoms with Gasteiger partial charge in [0.25, 0.3) is 0 Å². The molecule has 1 fully saturated rings. The first kappa shape index (κ1) is 20.8. The molecule has 0 spiro atoms. The van der Waals surface area contributed by atoms with Gasteiger partial charge in [-0.2, -0.15) is 4.31 Å². The fourth-order valence-corrected chi connectivity index (χ4v) is 6.42. The van der Waals surface area contributed by atoms with Crippen LogP contribution in [-0.4, -0.2) is 46.1 Å². The van der Waals surface area contributed by atoms with E-state index in [0.29, 0.717) is 12.4 Å². The van der Waals surface area contributed by atoms with Crippen molar-refractivity contribution in [3.8, 4) is 5.75 Å². The quantitative estimate of drug-likeness (QED) is 0.662. The van der Waals surface area contributed by atoms with E-state index < -0.39 is 30.9 Å². The smallest absolute Gasteiger partial charge is 0.243 e. The van der Waals surface area contributed by atoms with Crippen molar-refractivity contribution in [1.29, 1.82) is 0 Å². The Bertz CT molecular complexity index is 1010. The minimum atomic E-state index is -3.70. The van der Waals surface area contributed by atoms with E-state index in [1.165, 1.54) is 28.6 Å². The lowest BCUT2D eigenvalue weighted by atomic mass is 10.2. The van der Waals surface area contributed by atoms with Gasteiger partial charge in [-0.25, -0.2) is 21.2 Å². The van der Waals surface area contributed by atoms with Crippen molar-refractivity contribution in [2.45, 2.75) is 34.8 Å². The van der Waals surface area contributed by atoms with E-state index in [2.05, 4.69) is 0 Å². The van der Waals surface area contributed by atoms with Gasteiger partial charge in [0.15, 0.2) is 9.84 Å². The van der Waals surface area contributed by atoms with Crippen molar-refractivity contribution < 1.29 is 26.0 Å². The molecule has 0 saturated carbocycles. The molecule has 6 nitrogen and oxygen atoms in total. The van der Waals surface area contributed by atoms with E-state index in [4.69, 9.17) is 4.74 Å². The first-order valence-electron chi connectivity index (χ1n) is 8.97. The molecule has 1 aliphatic heterocycles. The van der Waals surface area contributed by atoms with Crippen molar-refractivity contribution in [2.24, 2.45) is 0 Å². The molecule has 0 aromatic heterocycles. The average Bonchev–Trinajstić information content (AvgIpc) is 2.69. The molecule has 0 bridgehead atoms. The van der Waals surface area contributed by atoms with Crippen molar-refractivity contribution in [1.82, 2.24) is 4.31 Å². The molecule has 0 radical (unpaired) electrons. The Morgan fingerprint density at radius 3 is 2.00 bits per heavy atom. The molecule has 1 saturated heterocycles. The highest BCUT2D eigenvalue weighted by Crippen LogP contribution is 2.28. The summed E-state index contributed by atoms with van der Waals surface area (Å²) in [6.07, 6.45) is 0.381. The van der Waals surface area contributed by atoms with Gasteiger partial charge in [0.05, 0.1) is 21.6 Å². The molecule has 9 heteroatoms. The highest BCUT2D eigenvalue weighted by atomic mass is 32.2. The standard InChI is InChI=1S/C19H22FNO5S2/c1-2-26-16-5-9-19(10-6-16)28(24,25)21-13-11-18(12-14-21)27(22,23)17-7-3-15(20)4-8-17/h3-10,18H,2,11-14H2,1H3. The Hall–Kier alpha value is -1.97. The van der Waals surface area contributed by atoms with Crippen molar-refractivity contribution >= 4 is 19.9 Å². The molecule has 2 aromatic rings. The van der Waals surface area contributed by atoms with Gasteiger partial charge >= 0.3 is 0 Å². The van der Waals surface area contributed by atoms with Crippen LogP contribution in [0.25, 0.3) is 0 Å². The van der Waals surface area contributed by atoms with Gasteiger partial charge in [-0.1, -0.05) is 0 Å². The molecule has 0 aliphatic carbocycles. The van der Waals surface area contributed by atoms with Crippen LogP contribution in [0.15, 0.2) is 58.3 Å². The summed E-state index contributed by atoms with van der Waals surface area (Å²) in [4.78, 5) is 0.206. The summed E-state index contributed by atoms with van der Waals surface area (Å²) in [6.45, 7) is 2.55. The Morgan fingerprint density at radius 2 is 1.46 bits per heavy atom. The molecule has 0 N–H and O–H groups in total. The Kier molecular flexibility index (Phi) is 6.07. The first-order chi connectivity index (χ1) is 13.2. The molecule has 0 amide bonds. The average molecular weight is 428 g/mol. The Labute approximate surface area is 164 Å². The number of sulfonamides is 1. The van der Waals surface area contributed by atoms with Crippen molar-refractivity contribution in [3.63, 3.8) is 0 Å². The number of benzene rings is 2. The normalized spacial score (nSPS) is 16.8. The summed E-state index contributed by atoms with van der Waals surface area (Å²) >= 11 is 0. The molecule has 1 aliphatic rings. The van der Waals surface area contributed by atoms with Crippen LogP contribution < -0.4 is 4.74 Å². The molecule has 152 valence electrons. The minimum absolute atomic E-state index is 0.0571. The van der Waals surface area contributed by atoms with E-state index in [9.17, 15) is 21.2 Å². The van der Waals surface area contributed by atoms with Crippen LogP contribution in [0.3, 0.4) is 0 Å². The third-order valence-electron chi connectivity index (χ3n) is 4.75. The highest BCUT2D eigenvalue weighted by molar-refractivity contribution is 7.92. The zero-order valence-electron chi connectivity index (χ0n) is 15.4. The summed E-state index contributed by atoms with van der Waals surface area (Å²) in [6, 6.07) is 10.9. The maximum atomic E-state index is 13.1. The second kappa shape index (κ2) is 8.18. The monoisotopic (exact) mass is 427 g/mol. The second-order valence-corrected chi connectivity index (χ2v) is 10.7. The summed E-state index contributed by atoms with van der Waals surface area (Å²) < 4.78 is 70.7. The van der Waals surface area contributed by atoms with Gasteiger partial charge in [0.2, 0.25) is 10.0 Å². The molecule has 3 rings (SSSR count). The Balaban J connectivity index is 1.71. The van der Waals surface area contributed by atoms with Crippen LogP contribution in [0.2, 0.25) is 0 Å². The summed E-state index contributed by atoms with van der Waals surface area (Å²) in [5.41, 5.74) is 0. The Morgan fingerprint density at radius 1 is 0.929 bits per heavy atom. The predicted octanol–water partition coefficient (Wildman–Crippen LogP) is 2.85. The van der Waals surface area contributed by atoms with Gasteiger partial charge < -0.3 is 4.74 Å². The van der Waals surface area contributed by atoms with Crippen molar-refractivity contribution in [3.05, 3.63) is 54.3 Å². The predicted molar refractivity (Wildman–Crippen MR) is 103 cm³/mol. The highest BCUT2D eigenvalue weighted by Gasteiger charge is 2.35. The summed E-state index contributed by atoms with van der Waals surface area (Å²) in [5.74, 6) is 0.0840. The van der Waals surface area contributed by atoms with E-state index in [1.54, 1.807) is 12.1 Å². The number of piperidine rings is 1. The molecule has 0 atom stereocenters. The van der Waals surface area contributed by atoms with E-state index in [1.807, 2.05) is 6.92 Å². The number of ether oxygens (including phenoxy) is 1. The summed E-state index contributed by atoms with van der Waals surface area (Å²) in [7, 11) is -7.33. The third-order valence-corrected chi connectivity index (χ3v) is 8.95. The van der Waals surface area contributed by atoms with Gasteiger partial charge in [0.1, 0.15) is 11.6 Å². The van der Waals surface area contributed by atoms with Crippen LogP contribution in [0.5, 0.6) is 5.75 Å². The second-order valence-electron chi connectivity index (χ2n) is 6.51. The molecule has 28 heavy (non-hydrogen) atoms. The maximum absolute atomic E-state index is 13.1. The fraction of sp³-hybridized carbons (Fsp3) is 0.368. The van der Waals surface area contributed by atoms with Gasteiger partial charge in [-0.15, -0.1) is 0 Å². The number of halogens is 1. The lowest BCUT2D eigenvalue weighted by molar-refractivity contribution is 0.339. The SMILES string of the molecule is CCOc1ccc(S(=O)(=O)N2CCC(S(=O)(=O)c3ccc(F)cc3)CC2)cc1. The van der Waals surface area contributed by atoms with Crippen molar-refractivity contribution in [2.75, 3.05) is 19.7 Å². The van der Waals surface area contributed by atoms with Gasteiger partial charge in [-0.3, -0.25) is 0 Å². The first-order valence-corrected chi connectivity index (χ1v) is 12.0. The van der Waals surface area contributed by atoms with E-state index >= 15 is 0 Å². The van der Waals surface area contributed by atoms with E-state index in [-0.39, 0.29) is 35.7 Å². The molecule has 0 unspecified atom stereocenters. The summed E-state index contributed by atoms with van der Waals surface area (Å²) in [5, 5.41) is -0.690. The minimum Gasteiger partial charge on any atom is -0.494 e.